The van der Waals surface area contributed by atoms with E-state index in [0.717, 1.165) is 6.54 Å². The Bertz CT molecular complexity index is 412. The van der Waals surface area contributed by atoms with E-state index >= 15 is 0 Å². The van der Waals surface area contributed by atoms with Gasteiger partial charge < -0.3 is 15.3 Å². The molecule has 1 heterocycles. The number of carbonyl (C=O) groups excluding carboxylic acids is 1. The number of carbonyl (C=O) groups is 1. The number of amides is 1. The van der Waals surface area contributed by atoms with Crippen molar-refractivity contribution in [3.8, 4) is 0 Å². The van der Waals surface area contributed by atoms with Crippen LogP contribution in [0.5, 0.6) is 0 Å². The SMILES string of the molecule is CCNc1ccc(Cl)c(C(=O)N(CC)CCO)n1. The first-order chi connectivity index (χ1) is 8.63. The predicted octanol–water partition coefficient (Wildman–Crippen LogP) is 1.62. The molecule has 1 aromatic rings. The summed E-state index contributed by atoms with van der Waals surface area (Å²) in [7, 11) is 0. The highest BCUT2D eigenvalue weighted by Gasteiger charge is 2.18. The monoisotopic (exact) mass is 271 g/mol. The second kappa shape index (κ2) is 7.18. The summed E-state index contributed by atoms with van der Waals surface area (Å²) < 4.78 is 0. The molecule has 1 rings (SSSR count). The van der Waals surface area contributed by atoms with Crippen LogP contribution in [0.4, 0.5) is 5.82 Å². The Labute approximate surface area is 112 Å². The fourth-order valence-electron chi connectivity index (χ4n) is 1.55. The highest BCUT2D eigenvalue weighted by molar-refractivity contribution is 6.33. The molecule has 0 bridgehead atoms. The third-order valence-corrected chi connectivity index (χ3v) is 2.75. The Kier molecular flexibility index (Phi) is 5.88. The number of halogens is 1. The average Bonchev–Trinajstić information content (AvgIpc) is 2.37. The Morgan fingerprint density at radius 3 is 2.78 bits per heavy atom. The zero-order valence-corrected chi connectivity index (χ0v) is 11.4. The van der Waals surface area contributed by atoms with Crippen LogP contribution in [0.2, 0.25) is 5.02 Å². The highest BCUT2D eigenvalue weighted by Crippen LogP contribution is 2.18. The molecule has 0 fully saturated rings. The van der Waals surface area contributed by atoms with Crippen LogP contribution >= 0.6 is 11.6 Å². The van der Waals surface area contributed by atoms with Gasteiger partial charge in [0.05, 0.1) is 11.6 Å². The highest BCUT2D eigenvalue weighted by atomic mass is 35.5. The van der Waals surface area contributed by atoms with E-state index in [1.54, 1.807) is 12.1 Å². The molecule has 18 heavy (non-hydrogen) atoms. The number of nitrogens with one attached hydrogen (secondary N) is 1. The van der Waals surface area contributed by atoms with Gasteiger partial charge in [0.2, 0.25) is 0 Å². The van der Waals surface area contributed by atoms with Gasteiger partial charge >= 0.3 is 0 Å². The maximum atomic E-state index is 12.2. The van der Waals surface area contributed by atoms with Crippen LogP contribution in [0.1, 0.15) is 24.3 Å². The number of nitrogens with zero attached hydrogens (tertiary/aromatic N) is 2. The van der Waals surface area contributed by atoms with Gasteiger partial charge in [0.15, 0.2) is 0 Å². The minimum Gasteiger partial charge on any atom is -0.395 e. The van der Waals surface area contributed by atoms with Crippen molar-refractivity contribution in [1.29, 1.82) is 0 Å². The molecule has 0 aromatic carbocycles. The number of hydrogen-bond acceptors (Lipinski definition) is 4. The Morgan fingerprint density at radius 1 is 1.50 bits per heavy atom. The van der Waals surface area contributed by atoms with Crippen LogP contribution in [0.25, 0.3) is 0 Å². The van der Waals surface area contributed by atoms with Crippen molar-refractivity contribution in [1.82, 2.24) is 9.88 Å². The van der Waals surface area contributed by atoms with Gasteiger partial charge in [-0.05, 0) is 26.0 Å². The number of likely N-dealkylation sites (N-methyl/N-ethyl adjacent to an activating group) is 1. The molecule has 0 unspecified atom stereocenters. The van der Waals surface area contributed by atoms with E-state index < -0.39 is 0 Å². The summed E-state index contributed by atoms with van der Waals surface area (Å²) in [6, 6.07) is 3.37. The second-order valence-corrected chi connectivity index (χ2v) is 4.07. The quantitative estimate of drug-likeness (QED) is 0.825. The molecule has 0 atom stereocenters. The van der Waals surface area contributed by atoms with E-state index in [9.17, 15) is 4.79 Å². The van der Waals surface area contributed by atoms with Crippen molar-refractivity contribution >= 4 is 23.3 Å². The summed E-state index contributed by atoms with van der Waals surface area (Å²) in [4.78, 5) is 17.9. The van der Waals surface area contributed by atoms with Crippen molar-refractivity contribution in [3.05, 3.63) is 22.8 Å². The molecule has 0 aliphatic heterocycles. The van der Waals surface area contributed by atoms with Crippen LogP contribution in [0.15, 0.2) is 12.1 Å². The van der Waals surface area contributed by atoms with Crippen LogP contribution in [0.3, 0.4) is 0 Å². The molecule has 0 saturated heterocycles. The summed E-state index contributed by atoms with van der Waals surface area (Å²) in [6.07, 6.45) is 0. The lowest BCUT2D eigenvalue weighted by atomic mass is 10.3. The lowest BCUT2D eigenvalue weighted by molar-refractivity contribution is 0.0726. The largest absolute Gasteiger partial charge is 0.395 e. The molecule has 0 saturated carbocycles. The molecule has 0 aliphatic rings. The fraction of sp³-hybridized carbons (Fsp3) is 0.500. The Morgan fingerprint density at radius 2 is 2.22 bits per heavy atom. The number of rotatable bonds is 6. The summed E-state index contributed by atoms with van der Waals surface area (Å²) >= 11 is 5.99. The summed E-state index contributed by atoms with van der Waals surface area (Å²) in [6.45, 7) is 5.21. The van der Waals surface area contributed by atoms with Gasteiger partial charge in [-0.15, -0.1) is 0 Å². The standard InChI is InChI=1S/C12H18ClN3O2/c1-3-14-10-6-5-9(13)11(15-10)12(18)16(4-2)7-8-17/h5-6,17H,3-4,7-8H2,1-2H3,(H,14,15). The molecule has 0 radical (unpaired) electrons. The minimum atomic E-state index is -0.267. The molecular formula is C12H18ClN3O2. The molecule has 6 heteroatoms. The van der Waals surface area contributed by atoms with Gasteiger partial charge in [-0.25, -0.2) is 4.98 Å². The summed E-state index contributed by atoms with van der Waals surface area (Å²) in [5.41, 5.74) is 0.213. The maximum absolute atomic E-state index is 12.2. The first kappa shape index (κ1) is 14.7. The van der Waals surface area contributed by atoms with Crippen molar-refractivity contribution in [3.63, 3.8) is 0 Å². The van der Waals surface area contributed by atoms with Crippen molar-refractivity contribution in [2.45, 2.75) is 13.8 Å². The molecule has 0 spiro atoms. The fourth-order valence-corrected chi connectivity index (χ4v) is 1.73. The van der Waals surface area contributed by atoms with Gasteiger partial charge in [0, 0.05) is 19.6 Å². The van der Waals surface area contributed by atoms with Crippen LogP contribution in [-0.2, 0) is 0 Å². The minimum absolute atomic E-state index is 0.0793. The van der Waals surface area contributed by atoms with Gasteiger partial charge in [-0.3, -0.25) is 4.79 Å². The Hall–Kier alpha value is -1.33. The molecular weight excluding hydrogens is 254 g/mol. The van der Waals surface area contributed by atoms with Crippen LogP contribution < -0.4 is 5.32 Å². The third kappa shape index (κ3) is 3.58. The summed E-state index contributed by atoms with van der Waals surface area (Å²) in [5, 5.41) is 12.3. The Balaban J connectivity index is 2.99. The van der Waals surface area contributed by atoms with Gasteiger partial charge in [0.25, 0.3) is 5.91 Å². The second-order valence-electron chi connectivity index (χ2n) is 3.67. The number of aliphatic hydroxyl groups is 1. The maximum Gasteiger partial charge on any atom is 0.274 e. The van der Waals surface area contributed by atoms with Gasteiger partial charge in [-0.2, -0.15) is 0 Å². The summed E-state index contributed by atoms with van der Waals surface area (Å²) in [5.74, 6) is 0.349. The number of hydrogen-bond donors (Lipinski definition) is 2. The zero-order chi connectivity index (χ0) is 13.5. The first-order valence-corrected chi connectivity index (χ1v) is 6.32. The number of anilines is 1. The topological polar surface area (TPSA) is 65.5 Å². The number of pyridine rings is 1. The zero-order valence-electron chi connectivity index (χ0n) is 10.6. The van der Waals surface area contributed by atoms with E-state index in [1.165, 1.54) is 4.90 Å². The average molecular weight is 272 g/mol. The molecule has 5 nitrogen and oxygen atoms in total. The molecule has 0 aliphatic carbocycles. The van der Waals surface area contributed by atoms with E-state index in [1.807, 2.05) is 13.8 Å². The van der Waals surface area contributed by atoms with Crippen LogP contribution in [0, 0.1) is 0 Å². The lowest BCUT2D eigenvalue weighted by Gasteiger charge is -2.20. The van der Waals surface area contributed by atoms with Crippen molar-refractivity contribution in [2.75, 3.05) is 31.6 Å². The van der Waals surface area contributed by atoms with E-state index in [0.29, 0.717) is 17.4 Å². The smallest absolute Gasteiger partial charge is 0.274 e. The van der Waals surface area contributed by atoms with E-state index in [-0.39, 0.29) is 24.8 Å². The lowest BCUT2D eigenvalue weighted by Crippen LogP contribution is -2.34. The van der Waals surface area contributed by atoms with Gasteiger partial charge in [0.1, 0.15) is 11.5 Å². The number of aromatic nitrogens is 1. The third-order valence-electron chi connectivity index (χ3n) is 2.45. The van der Waals surface area contributed by atoms with Crippen LogP contribution in [-0.4, -0.2) is 47.1 Å². The predicted molar refractivity (Wildman–Crippen MR) is 72.1 cm³/mol. The van der Waals surface area contributed by atoms with Gasteiger partial charge in [-0.1, -0.05) is 11.6 Å². The first-order valence-electron chi connectivity index (χ1n) is 5.94. The normalized spacial score (nSPS) is 10.2. The van der Waals surface area contributed by atoms with E-state index in [2.05, 4.69) is 10.3 Å². The number of aliphatic hydroxyl groups excluding tert-OH is 1. The molecule has 1 amide bonds. The van der Waals surface area contributed by atoms with Crippen molar-refractivity contribution < 1.29 is 9.90 Å². The molecule has 2 N–H and O–H groups in total. The molecule has 100 valence electrons. The van der Waals surface area contributed by atoms with E-state index in [4.69, 9.17) is 16.7 Å². The molecule has 1 aromatic heterocycles. The van der Waals surface area contributed by atoms with Crippen molar-refractivity contribution in [2.24, 2.45) is 0 Å².